The molecule has 1 nitrogen and oxygen atoms in total. The van der Waals surface area contributed by atoms with E-state index in [1.54, 1.807) is 12.3 Å². The van der Waals surface area contributed by atoms with Gasteiger partial charge in [-0.05, 0) is 0 Å². The predicted octanol–water partition coefficient (Wildman–Crippen LogP) is 2.80. The van der Waals surface area contributed by atoms with Gasteiger partial charge in [0.05, 0.1) is 0 Å². The molecule has 0 atom stereocenters. The molecule has 56 valence electrons. The number of hydrogen-bond acceptors (Lipinski definition) is 1. The Bertz CT molecular complexity index is 158. The van der Waals surface area contributed by atoms with E-state index < -0.39 is 0 Å². The summed E-state index contributed by atoms with van der Waals surface area (Å²) in [4.78, 5) is 4.08. The molecule has 0 aromatic rings. The minimum Gasteiger partial charge on any atom is -0.261 e. The van der Waals surface area contributed by atoms with Gasteiger partial charge in [0.15, 0.2) is 0 Å². The molecule has 0 saturated carbocycles. The number of nitrogens with zero attached hydrogens (tertiary/aromatic N) is 1. The van der Waals surface area contributed by atoms with Crippen LogP contribution in [0.4, 0.5) is 0 Å². The highest BCUT2D eigenvalue weighted by atomic mass is 14.7. The van der Waals surface area contributed by atoms with Crippen LogP contribution in [0.2, 0.25) is 0 Å². The first-order valence-corrected chi connectivity index (χ1v) is 3.33. The van der Waals surface area contributed by atoms with Crippen LogP contribution in [-0.4, -0.2) is 6.21 Å². The van der Waals surface area contributed by atoms with E-state index in [0.29, 0.717) is 0 Å². The van der Waals surface area contributed by atoms with Gasteiger partial charge in [-0.1, -0.05) is 40.0 Å². The molecule has 0 aliphatic heterocycles. The van der Waals surface area contributed by atoms with E-state index in [9.17, 15) is 0 Å². The summed E-state index contributed by atoms with van der Waals surface area (Å²) in [5.41, 5.74) is 0.951. The van der Waals surface area contributed by atoms with Crippen molar-refractivity contribution >= 4 is 6.21 Å². The van der Waals surface area contributed by atoms with Crippen molar-refractivity contribution in [2.45, 2.75) is 20.8 Å². The first kappa shape index (κ1) is 9.15. The molecule has 0 N–H and O–H groups in total. The highest BCUT2D eigenvalue weighted by Crippen LogP contribution is 2.23. The molecule has 0 spiro atoms. The van der Waals surface area contributed by atoms with Gasteiger partial charge < -0.3 is 0 Å². The average molecular weight is 137 g/mol. The Morgan fingerprint density at radius 2 is 1.90 bits per heavy atom. The standard InChI is InChI=1S/C9H15N/c1-6-7-10-8(2)9(3,4)5/h6-7H,1-2H2,3-5H3. The summed E-state index contributed by atoms with van der Waals surface area (Å²) in [6, 6.07) is 0. The fraction of sp³-hybridized carbons (Fsp3) is 0.444. The van der Waals surface area contributed by atoms with Crippen LogP contribution in [0, 0.1) is 5.41 Å². The van der Waals surface area contributed by atoms with Crippen LogP contribution in [0.15, 0.2) is 29.9 Å². The molecule has 0 heterocycles. The second-order valence-electron chi connectivity index (χ2n) is 3.21. The van der Waals surface area contributed by atoms with Crippen LogP contribution in [0.5, 0.6) is 0 Å². The van der Waals surface area contributed by atoms with Crippen molar-refractivity contribution in [1.82, 2.24) is 0 Å². The van der Waals surface area contributed by atoms with Gasteiger partial charge in [0.25, 0.3) is 0 Å². The van der Waals surface area contributed by atoms with Gasteiger partial charge in [-0.2, -0.15) is 0 Å². The smallest absolute Gasteiger partial charge is 0.0385 e. The van der Waals surface area contributed by atoms with Gasteiger partial charge in [0, 0.05) is 17.3 Å². The topological polar surface area (TPSA) is 12.4 Å². The SMILES string of the molecule is C=CC=NC(=C)C(C)(C)C. The largest absolute Gasteiger partial charge is 0.261 e. The first-order valence-electron chi connectivity index (χ1n) is 3.33. The van der Waals surface area contributed by atoms with Crippen molar-refractivity contribution in [3.63, 3.8) is 0 Å². The maximum absolute atomic E-state index is 4.08. The van der Waals surface area contributed by atoms with Crippen molar-refractivity contribution in [2.75, 3.05) is 0 Å². The lowest BCUT2D eigenvalue weighted by molar-refractivity contribution is 0.501. The molecular weight excluding hydrogens is 122 g/mol. The van der Waals surface area contributed by atoms with E-state index in [1.807, 2.05) is 0 Å². The zero-order chi connectivity index (χ0) is 8.20. The molecule has 0 bridgehead atoms. The highest BCUT2D eigenvalue weighted by Gasteiger charge is 2.12. The molecular formula is C9H15N. The Labute approximate surface area is 63.2 Å². The molecule has 0 rings (SSSR count). The molecule has 10 heavy (non-hydrogen) atoms. The highest BCUT2D eigenvalue weighted by molar-refractivity contribution is 5.71. The van der Waals surface area contributed by atoms with Crippen molar-refractivity contribution < 1.29 is 0 Å². The quantitative estimate of drug-likeness (QED) is 0.519. The zero-order valence-electron chi connectivity index (χ0n) is 7.02. The van der Waals surface area contributed by atoms with E-state index in [2.05, 4.69) is 38.9 Å². The summed E-state index contributed by atoms with van der Waals surface area (Å²) in [5.74, 6) is 0. The first-order chi connectivity index (χ1) is 4.48. The van der Waals surface area contributed by atoms with Crippen LogP contribution in [0.3, 0.4) is 0 Å². The summed E-state index contributed by atoms with van der Waals surface area (Å²) in [6.45, 7) is 13.6. The van der Waals surface area contributed by atoms with E-state index in [4.69, 9.17) is 0 Å². The third-order valence-corrected chi connectivity index (χ3v) is 1.20. The Morgan fingerprint density at radius 3 is 2.20 bits per heavy atom. The lowest BCUT2D eigenvalue weighted by atomic mass is 9.93. The fourth-order valence-electron chi connectivity index (χ4n) is 0.336. The normalized spacial score (nSPS) is 11.9. The van der Waals surface area contributed by atoms with Crippen LogP contribution >= 0.6 is 0 Å². The third kappa shape index (κ3) is 3.23. The van der Waals surface area contributed by atoms with Gasteiger partial charge in [-0.25, -0.2) is 0 Å². The molecule has 0 radical (unpaired) electrons. The van der Waals surface area contributed by atoms with E-state index in [1.165, 1.54) is 0 Å². The second-order valence-corrected chi connectivity index (χ2v) is 3.21. The number of aliphatic imine (C=N–C) groups is 1. The van der Waals surface area contributed by atoms with Gasteiger partial charge in [0.2, 0.25) is 0 Å². The number of hydrogen-bond donors (Lipinski definition) is 0. The summed E-state index contributed by atoms with van der Waals surface area (Å²) >= 11 is 0. The summed E-state index contributed by atoms with van der Waals surface area (Å²) in [5, 5.41) is 0. The zero-order valence-corrected chi connectivity index (χ0v) is 7.02. The molecule has 0 unspecified atom stereocenters. The minimum absolute atomic E-state index is 0.0690. The van der Waals surface area contributed by atoms with Gasteiger partial charge in [0.1, 0.15) is 0 Å². The van der Waals surface area contributed by atoms with E-state index >= 15 is 0 Å². The molecule has 0 aromatic carbocycles. The molecule has 1 heteroatoms. The monoisotopic (exact) mass is 137 g/mol. The van der Waals surface area contributed by atoms with Crippen molar-refractivity contribution in [1.29, 1.82) is 0 Å². The van der Waals surface area contributed by atoms with Crippen LogP contribution < -0.4 is 0 Å². The van der Waals surface area contributed by atoms with Crippen LogP contribution in [-0.2, 0) is 0 Å². The van der Waals surface area contributed by atoms with Gasteiger partial charge >= 0.3 is 0 Å². The maximum atomic E-state index is 4.08. The molecule has 0 amide bonds. The lowest BCUT2D eigenvalue weighted by Gasteiger charge is -2.16. The minimum atomic E-state index is 0.0690. The average Bonchev–Trinajstić information content (AvgIpc) is 1.80. The molecule has 0 saturated heterocycles. The third-order valence-electron chi connectivity index (χ3n) is 1.20. The maximum Gasteiger partial charge on any atom is 0.0385 e. The Hall–Kier alpha value is -0.850. The predicted molar refractivity (Wildman–Crippen MR) is 47.3 cm³/mol. The molecule has 0 fully saturated rings. The number of allylic oxidation sites excluding steroid dienone is 2. The van der Waals surface area contributed by atoms with Crippen LogP contribution in [0.1, 0.15) is 20.8 Å². The summed E-state index contributed by atoms with van der Waals surface area (Å²) in [6.07, 6.45) is 3.31. The Morgan fingerprint density at radius 1 is 1.40 bits per heavy atom. The van der Waals surface area contributed by atoms with Crippen molar-refractivity contribution in [2.24, 2.45) is 10.4 Å². The number of rotatable bonds is 2. The molecule has 0 aliphatic carbocycles. The lowest BCUT2D eigenvalue weighted by Crippen LogP contribution is -2.05. The second kappa shape index (κ2) is 3.35. The van der Waals surface area contributed by atoms with E-state index in [-0.39, 0.29) is 5.41 Å². The summed E-state index contributed by atoms with van der Waals surface area (Å²) < 4.78 is 0. The molecule has 0 aliphatic rings. The summed E-state index contributed by atoms with van der Waals surface area (Å²) in [7, 11) is 0. The van der Waals surface area contributed by atoms with Crippen molar-refractivity contribution in [3.8, 4) is 0 Å². The Balaban J connectivity index is 4.11. The van der Waals surface area contributed by atoms with E-state index in [0.717, 1.165) is 5.70 Å². The Kier molecular flexibility index (Phi) is 3.07. The van der Waals surface area contributed by atoms with Gasteiger partial charge in [-0.15, -0.1) is 0 Å². The van der Waals surface area contributed by atoms with Gasteiger partial charge in [-0.3, -0.25) is 4.99 Å². The fourth-order valence-corrected chi connectivity index (χ4v) is 0.336. The van der Waals surface area contributed by atoms with Crippen LogP contribution in [0.25, 0.3) is 0 Å². The molecule has 0 aromatic heterocycles. The van der Waals surface area contributed by atoms with Crippen molar-refractivity contribution in [3.05, 3.63) is 24.9 Å².